The summed E-state index contributed by atoms with van der Waals surface area (Å²) in [5.41, 5.74) is 0.777. The zero-order valence-corrected chi connectivity index (χ0v) is 17.8. The topological polar surface area (TPSA) is 96.2 Å². The van der Waals surface area contributed by atoms with Gasteiger partial charge in [-0.2, -0.15) is 4.98 Å². The summed E-state index contributed by atoms with van der Waals surface area (Å²) in [6, 6.07) is 7.47. The maximum absolute atomic E-state index is 11.3. The van der Waals surface area contributed by atoms with Crippen molar-refractivity contribution >= 4 is 29.1 Å². The Morgan fingerprint density at radius 1 is 1.10 bits per heavy atom. The van der Waals surface area contributed by atoms with Gasteiger partial charge in [0.25, 0.3) is 0 Å². The van der Waals surface area contributed by atoms with E-state index in [1.807, 2.05) is 24.3 Å². The molecule has 2 N–H and O–H groups in total. The Morgan fingerprint density at radius 2 is 1.83 bits per heavy atom. The van der Waals surface area contributed by atoms with E-state index in [-0.39, 0.29) is 11.5 Å². The van der Waals surface area contributed by atoms with Crippen molar-refractivity contribution in [3.05, 3.63) is 51.2 Å². The third-order valence-electron chi connectivity index (χ3n) is 4.44. The van der Waals surface area contributed by atoms with Gasteiger partial charge in [-0.05, 0) is 45.1 Å². The van der Waals surface area contributed by atoms with Crippen LogP contribution >= 0.6 is 11.6 Å². The van der Waals surface area contributed by atoms with Gasteiger partial charge in [0.1, 0.15) is 6.20 Å². The minimum absolute atomic E-state index is 0.126. The smallest absolute Gasteiger partial charge is 0.329 e. The molecule has 0 amide bonds. The number of anilines is 2. The van der Waals surface area contributed by atoms with Crippen LogP contribution in [0.15, 0.2) is 30.5 Å². The maximum Gasteiger partial charge on any atom is 0.329 e. The number of halogens is 1. The quantitative estimate of drug-likeness (QED) is 0.278. The molecule has 0 spiro atoms. The minimum atomic E-state index is -0.471. The first-order valence-corrected chi connectivity index (χ1v) is 10.2. The van der Waals surface area contributed by atoms with E-state index in [0.29, 0.717) is 24.1 Å². The predicted molar refractivity (Wildman–Crippen MR) is 118 cm³/mol. The molecule has 0 fully saturated rings. The Bertz CT molecular complexity index is 787. The van der Waals surface area contributed by atoms with Crippen LogP contribution in [-0.2, 0) is 6.54 Å². The molecule has 1 aromatic carbocycles. The molecular formula is C20H29ClN6O2. The number of nitro groups is 1. The molecular weight excluding hydrogens is 392 g/mol. The SMILES string of the molecule is CN(C)CCCCCCCNc1nc(NCc2ccccc2Cl)ncc1[N+](=O)[O-]. The molecule has 29 heavy (non-hydrogen) atoms. The van der Waals surface area contributed by atoms with Crippen LogP contribution < -0.4 is 10.6 Å². The van der Waals surface area contributed by atoms with E-state index in [9.17, 15) is 10.1 Å². The number of hydrogen-bond donors (Lipinski definition) is 2. The molecule has 0 atom stereocenters. The van der Waals surface area contributed by atoms with E-state index in [1.54, 1.807) is 0 Å². The zero-order chi connectivity index (χ0) is 21.1. The maximum atomic E-state index is 11.3. The predicted octanol–water partition coefficient (Wildman–Crippen LogP) is 4.57. The van der Waals surface area contributed by atoms with Gasteiger partial charge in [-0.3, -0.25) is 10.1 Å². The molecule has 0 aliphatic heterocycles. The number of benzene rings is 1. The third kappa shape index (κ3) is 8.21. The summed E-state index contributed by atoms with van der Waals surface area (Å²) < 4.78 is 0. The molecule has 2 aromatic rings. The van der Waals surface area contributed by atoms with Crippen LogP contribution in [0.2, 0.25) is 5.02 Å². The summed E-state index contributed by atoms with van der Waals surface area (Å²) in [5.74, 6) is 0.556. The van der Waals surface area contributed by atoms with Crippen LogP contribution in [0.25, 0.3) is 0 Å². The second-order valence-corrected chi connectivity index (χ2v) is 7.53. The van der Waals surface area contributed by atoms with Crippen LogP contribution in [0, 0.1) is 10.1 Å². The van der Waals surface area contributed by atoms with Crippen molar-refractivity contribution in [2.24, 2.45) is 0 Å². The Balaban J connectivity index is 1.84. The molecule has 0 aliphatic carbocycles. The van der Waals surface area contributed by atoms with E-state index >= 15 is 0 Å². The lowest BCUT2D eigenvalue weighted by Crippen LogP contribution is -2.12. The van der Waals surface area contributed by atoms with Gasteiger partial charge in [0.05, 0.1) is 4.92 Å². The van der Waals surface area contributed by atoms with Crippen LogP contribution in [-0.4, -0.2) is 47.0 Å². The molecule has 0 aliphatic rings. The molecule has 8 nitrogen and oxygen atoms in total. The Kier molecular flexibility index (Phi) is 9.59. The highest BCUT2D eigenvalue weighted by Crippen LogP contribution is 2.23. The normalized spacial score (nSPS) is 10.9. The molecule has 2 rings (SSSR count). The highest BCUT2D eigenvalue weighted by atomic mass is 35.5. The molecule has 0 unspecified atom stereocenters. The molecule has 1 aromatic heterocycles. The van der Waals surface area contributed by atoms with Crippen LogP contribution in [0.1, 0.15) is 37.7 Å². The monoisotopic (exact) mass is 420 g/mol. The average molecular weight is 421 g/mol. The van der Waals surface area contributed by atoms with Crippen molar-refractivity contribution in [1.82, 2.24) is 14.9 Å². The number of hydrogen-bond acceptors (Lipinski definition) is 7. The molecule has 0 saturated carbocycles. The van der Waals surface area contributed by atoms with Gasteiger partial charge in [0.2, 0.25) is 11.8 Å². The summed E-state index contributed by atoms with van der Waals surface area (Å²) >= 11 is 6.15. The Morgan fingerprint density at radius 3 is 2.55 bits per heavy atom. The Labute approximate surface area is 176 Å². The lowest BCUT2D eigenvalue weighted by atomic mass is 10.1. The second kappa shape index (κ2) is 12.2. The van der Waals surface area contributed by atoms with Gasteiger partial charge in [-0.25, -0.2) is 4.98 Å². The van der Waals surface area contributed by atoms with Crippen LogP contribution in [0.4, 0.5) is 17.5 Å². The van der Waals surface area contributed by atoms with Crippen molar-refractivity contribution in [2.45, 2.75) is 38.6 Å². The van der Waals surface area contributed by atoms with Crippen molar-refractivity contribution in [2.75, 3.05) is 37.8 Å². The number of unbranched alkanes of at least 4 members (excludes halogenated alkanes) is 4. The van der Waals surface area contributed by atoms with Gasteiger partial charge in [-0.15, -0.1) is 0 Å². The van der Waals surface area contributed by atoms with Gasteiger partial charge in [0, 0.05) is 18.1 Å². The van der Waals surface area contributed by atoms with E-state index in [1.165, 1.54) is 19.0 Å². The van der Waals surface area contributed by atoms with Crippen LogP contribution in [0.3, 0.4) is 0 Å². The second-order valence-electron chi connectivity index (χ2n) is 7.13. The fourth-order valence-electron chi connectivity index (χ4n) is 2.83. The van der Waals surface area contributed by atoms with Crippen molar-refractivity contribution in [3.63, 3.8) is 0 Å². The average Bonchev–Trinajstić information content (AvgIpc) is 2.69. The third-order valence-corrected chi connectivity index (χ3v) is 4.80. The summed E-state index contributed by atoms with van der Waals surface area (Å²) in [7, 11) is 4.16. The highest BCUT2D eigenvalue weighted by Gasteiger charge is 2.17. The van der Waals surface area contributed by atoms with Crippen molar-refractivity contribution in [3.8, 4) is 0 Å². The van der Waals surface area contributed by atoms with Gasteiger partial charge < -0.3 is 15.5 Å². The van der Waals surface area contributed by atoms with E-state index in [2.05, 4.69) is 39.6 Å². The van der Waals surface area contributed by atoms with Gasteiger partial charge in [-0.1, -0.05) is 49.1 Å². The summed E-state index contributed by atoms with van der Waals surface area (Å²) in [5, 5.41) is 18.1. The molecule has 9 heteroatoms. The van der Waals surface area contributed by atoms with E-state index < -0.39 is 4.92 Å². The number of rotatable bonds is 13. The lowest BCUT2D eigenvalue weighted by molar-refractivity contribution is -0.384. The first-order valence-electron chi connectivity index (χ1n) is 9.84. The molecule has 0 saturated heterocycles. The van der Waals surface area contributed by atoms with Gasteiger partial charge >= 0.3 is 5.69 Å². The van der Waals surface area contributed by atoms with Crippen molar-refractivity contribution in [1.29, 1.82) is 0 Å². The Hall–Kier alpha value is -2.45. The first-order chi connectivity index (χ1) is 14.0. The summed E-state index contributed by atoms with van der Waals surface area (Å²) in [4.78, 5) is 21.3. The number of nitrogens with zero attached hydrogens (tertiary/aromatic N) is 4. The van der Waals surface area contributed by atoms with Crippen molar-refractivity contribution < 1.29 is 4.92 Å². The fourth-order valence-corrected chi connectivity index (χ4v) is 3.03. The summed E-state index contributed by atoms with van der Waals surface area (Å²) in [6.07, 6.45) is 6.79. The largest absolute Gasteiger partial charge is 0.364 e. The number of nitrogens with one attached hydrogen (secondary N) is 2. The van der Waals surface area contributed by atoms with E-state index in [0.717, 1.165) is 31.4 Å². The number of aromatic nitrogens is 2. The molecule has 158 valence electrons. The first kappa shape index (κ1) is 22.8. The lowest BCUT2D eigenvalue weighted by Gasteiger charge is -2.10. The minimum Gasteiger partial charge on any atom is -0.364 e. The fraction of sp³-hybridized carbons (Fsp3) is 0.500. The highest BCUT2D eigenvalue weighted by molar-refractivity contribution is 6.31. The molecule has 1 heterocycles. The zero-order valence-electron chi connectivity index (χ0n) is 17.0. The van der Waals surface area contributed by atoms with E-state index in [4.69, 9.17) is 11.6 Å². The van der Waals surface area contributed by atoms with Gasteiger partial charge in [0.15, 0.2) is 0 Å². The van der Waals surface area contributed by atoms with Crippen LogP contribution in [0.5, 0.6) is 0 Å². The summed E-state index contributed by atoms with van der Waals surface area (Å²) in [6.45, 7) is 2.18. The standard InChI is InChI=1S/C20H29ClN6O2/c1-26(2)13-9-5-3-4-8-12-22-19-18(27(28)29)15-24-20(25-19)23-14-16-10-6-7-11-17(16)21/h6-7,10-11,15H,3-5,8-9,12-14H2,1-2H3,(H2,22,23,24,25). The molecule has 0 bridgehead atoms. The molecule has 0 radical (unpaired) electrons.